The van der Waals surface area contributed by atoms with Gasteiger partial charge in [0.1, 0.15) is 17.2 Å². The Bertz CT molecular complexity index is 2080. The van der Waals surface area contributed by atoms with Gasteiger partial charge in [-0.1, -0.05) is 28.8 Å². The van der Waals surface area contributed by atoms with E-state index in [9.17, 15) is 0 Å². The molecule has 2 aromatic carbocycles. The van der Waals surface area contributed by atoms with Crippen LogP contribution in [0.15, 0.2) is 116 Å². The summed E-state index contributed by atoms with van der Waals surface area (Å²) in [6, 6.07) is 35.3. The number of hydrogen-bond acceptors (Lipinski definition) is 3. The summed E-state index contributed by atoms with van der Waals surface area (Å²) in [4.78, 5) is 0. The summed E-state index contributed by atoms with van der Waals surface area (Å²) < 4.78 is 22.4. The molecule has 9 rings (SSSR count). The zero-order valence-corrected chi connectivity index (χ0v) is 22.2. The Morgan fingerprint density at radius 1 is 0.683 bits per heavy atom. The van der Waals surface area contributed by atoms with Gasteiger partial charge >= 0.3 is 18.0 Å². The van der Waals surface area contributed by atoms with Crippen molar-refractivity contribution < 1.29 is 23.2 Å². The van der Waals surface area contributed by atoms with Crippen LogP contribution in [-0.2, 0) is 0 Å². The Morgan fingerprint density at radius 3 is 2.24 bits per heavy atom. The number of nitrogens with zero attached hydrogens (tertiary/aromatic N) is 5. The van der Waals surface area contributed by atoms with E-state index < -0.39 is 6.29 Å². The molecular formula is C34H24N5O2+3. The second-order valence-electron chi connectivity index (χ2n) is 10.4. The monoisotopic (exact) mass is 534 g/mol. The molecule has 3 aliphatic rings. The van der Waals surface area contributed by atoms with Crippen molar-refractivity contribution in [3.63, 3.8) is 0 Å². The van der Waals surface area contributed by atoms with Crippen LogP contribution < -0.4 is 23.2 Å². The predicted octanol–water partition coefficient (Wildman–Crippen LogP) is 5.51. The van der Waals surface area contributed by atoms with Crippen molar-refractivity contribution in [2.24, 2.45) is 0 Å². The standard InChI is InChI=1S/C34H24N5O2/c1-22-20-29-27-13-8-17-33-38(27)34-36-18-6-4-12-26(36)23-10-2-3-11-24(23)28(39(29)35-22)21-25-30(14-9-15-31(25)41-33)40-32-16-5-7-19-37(32)34/h2-21,34H,1H3/q+3. The van der Waals surface area contributed by atoms with Gasteiger partial charge in [-0.3, -0.25) is 0 Å². The lowest BCUT2D eigenvalue weighted by Crippen LogP contribution is -2.72. The first-order chi connectivity index (χ1) is 20.2. The highest BCUT2D eigenvalue weighted by molar-refractivity contribution is 5.91. The fourth-order valence-electron chi connectivity index (χ4n) is 6.27. The zero-order valence-electron chi connectivity index (χ0n) is 22.2. The van der Waals surface area contributed by atoms with E-state index in [0.29, 0.717) is 23.3 Å². The van der Waals surface area contributed by atoms with E-state index in [-0.39, 0.29) is 0 Å². The lowest BCUT2D eigenvalue weighted by Gasteiger charge is -2.23. The number of aryl methyl sites for hydroxylation is 1. The third-order valence-electron chi connectivity index (χ3n) is 8.00. The molecule has 1 unspecified atom stereocenters. The lowest BCUT2D eigenvalue weighted by molar-refractivity contribution is -1.11. The summed E-state index contributed by atoms with van der Waals surface area (Å²) in [5.41, 5.74) is 7.84. The number of ether oxygens (including phenoxy) is 2. The van der Waals surface area contributed by atoms with Gasteiger partial charge in [-0.25, -0.2) is 4.68 Å². The first-order valence-corrected chi connectivity index (χ1v) is 13.7. The zero-order chi connectivity index (χ0) is 27.1. The van der Waals surface area contributed by atoms with Crippen molar-refractivity contribution in [1.29, 1.82) is 0 Å². The highest BCUT2D eigenvalue weighted by Crippen LogP contribution is 2.42. The van der Waals surface area contributed by atoms with Crippen molar-refractivity contribution >= 4 is 11.8 Å². The van der Waals surface area contributed by atoms with Crippen molar-refractivity contribution in [2.45, 2.75) is 13.2 Å². The van der Waals surface area contributed by atoms with E-state index in [4.69, 9.17) is 14.6 Å². The molecule has 0 spiro atoms. The normalized spacial score (nSPS) is 15.2. The molecule has 0 aliphatic carbocycles. The van der Waals surface area contributed by atoms with E-state index >= 15 is 0 Å². The van der Waals surface area contributed by atoms with Crippen LogP contribution in [0.2, 0.25) is 0 Å². The molecule has 0 fully saturated rings. The molecule has 41 heavy (non-hydrogen) atoms. The maximum atomic E-state index is 6.85. The highest BCUT2D eigenvalue weighted by atomic mass is 16.5. The highest BCUT2D eigenvalue weighted by Gasteiger charge is 2.49. The van der Waals surface area contributed by atoms with Crippen molar-refractivity contribution in [1.82, 2.24) is 9.78 Å². The molecular weight excluding hydrogens is 510 g/mol. The average molecular weight is 535 g/mol. The number of fused-ring (bicyclic) bond motifs is 7. The third kappa shape index (κ3) is 3.14. The van der Waals surface area contributed by atoms with Crippen molar-refractivity contribution in [3.8, 4) is 45.9 Å². The van der Waals surface area contributed by atoms with Gasteiger partial charge in [0.05, 0.1) is 34.7 Å². The van der Waals surface area contributed by atoms with E-state index in [1.54, 1.807) is 0 Å². The fraction of sp³-hybridized carbons (Fsp3) is 0.0588. The Kier molecular flexibility index (Phi) is 4.47. The molecule has 7 heterocycles. The number of benzene rings is 2. The SMILES string of the molecule is Cc1cc2n(n1)C1=Cc3c4cccc3Oc3cccc-2[n+]3C([n+]2ccccc2O4)[n+]2ccccc2-c2ccccc21. The van der Waals surface area contributed by atoms with Gasteiger partial charge in [-0.15, -0.1) is 0 Å². The minimum Gasteiger partial charge on any atom is -0.404 e. The van der Waals surface area contributed by atoms with Gasteiger partial charge < -0.3 is 9.47 Å². The quantitative estimate of drug-likeness (QED) is 0.241. The van der Waals surface area contributed by atoms with Gasteiger partial charge in [0.25, 0.3) is 0 Å². The fourth-order valence-corrected chi connectivity index (χ4v) is 6.27. The Labute approximate surface area is 236 Å². The summed E-state index contributed by atoms with van der Waals surface area (Å²) in [5.74, 6) is 2.82. The van der Waals surface area contributed by atoms with Crippen LogP contribution in [0, 0.1) is 6.92 Å². The summed E-state index contributed by atoms with van der Waals surface area (Å²) >= 11 is 0. The molecule has 3 aliphatic heterocycles. The molecule has 0 saturated heterocycles. The van der Waals surface area contributed by atoms with Gasteiger partial charge in [0, 0.05) is 29.8 Å². The number of hydrogen-bond donors (Lipinski definition) is 0. The summed E-state index contributed by atoms with van der Waals surface area (Å²) in [6.45, 7) is 2.04. The van der Waals surface area contributed by atoms with Crippen LogP contribution in [0.4, 0.5) is 0 Å². The Hall–Kier alpha value is -5.56. The third-order valence-corrected chi connectivity index (χ3v) is 8.00. The molecule has 194 valence electrons. The lowest BCUT2D eigenvalue weighted by atomic mass is 9.98. The van der Waals surface area contributed by atoms with E-state index in [1.165, 1.54) is 0 Å². The van der Waals surface area contributed by atoms with Crippen LogP contribution in [0.3, 0.4) is 0 Å². The van der Waals surface area contributed by atoms with Gasteiger partial charge in [-0.05, 0) is 64.6 Å². The molecule has 0 radical (unpaired) electrons. The molecule has 7 bridgehead atoms. The maximum absolute atomic E-state index is 6.85. The van der Waals surface area contributed by atoms with Crippen LogP contribution in [0.25, 0.3) is 34.4 Å². The maximum Gasteiger partial charge on any atom is 0.559 e. The Morgan fingerprint density at radius 2 is 1.37 bits per heavy atom. The summed E-state index contributed by atoms with van der Waals surface area (Å²) in [7, 11) is 0. The van der Waals surface area contributed by atoms with Crippen LogP contribution in [0.5, 0.6) is 23.3 Å². The van der Waals surface area contributed by atoms with Crippen molar-refractivity contribution in [2.75, 3.05) is 0 Å². The smallest absolute Gasteiger partial charge is 0.404 e. The van der Waals surface area contributed by atoms with Gasteiger partial charge in [-0.2, -0.15) is 5.10 Å². The van der Waals surface area contributed by atoms with E-state index in [2.05, 4.69) is 97.5 Å². The van der Waals surface area contributed by atoms with Gasteiger partial charge in [0.15, 0.2) is 12.4 Å². The van der Waals surface area contributed by atoms with E-state index in [0.717, 1.165) is 45.2 Å². The number of pyridine rings is 3. The largest absolute Gasteiger partial charge is 0.559 e. The van der Waals surface area contributed by atoms with Crippen LogP contribution in [0.1, 0.15) is 23.1 Å². The average Bonchev–Trinajstić information content (AvgIpc) is 3.38. The molecule has 1 atom stereocenters. The number of rotatable bonds is 0. The molecule has 6 aromatic rings. The summed E-state index contributed by atoms with van der Waals surface area (Å²) in [5, 5.41) is 5.09. The first-order valence-electron chi connectivity index (χ1n) is 13.7. The molecule has 0 amide bonds. The predicted molar refractivity (Wildman–Crippen MR) is 151 cm³/mol. The number of aromatic nitrogens is 5. The first kappa shape index (κ1) is 22.3. The Balaban J connectivity index is 1.61. The summed E-state index contributed by atoms with van der Waals surface area (Å²) in [6.07, 6.45) is 5.92. The van der Waals surface area contributed by atoms with Crippen molar-refractivity contribution in [3.05, 3.63) is 132 Å². The second kappa shape index (κ2) is 8.22. The van der Waals surface area contributed by atoms with Crippen LogP contribution in [-0.4, -0.2) is 9.78 Å². The topological polar surface area (TPSA) is 47.9 Å². The minimum atomic E-state index is -0.428. The molecule has 7 heteroatoms. The van der Waals surface area contributed by atoms with Crippen LogP contribution >= 0.6 is 0 Å². The molecule has 0 N–H and O–H groups in total. The van der Waals surface area contributed by atoms with E-state index in [1.807, 2.05) is 49.4 Å². The molecule has 7 nitrogen and oxygen atoms in total. The van der Waals surface area contributed by atoms with Gasteiger partial charge in [0.2, 0.25) is 11.4 Å². The molecule has 4 aromatic heterocycles. The second-order valence-corrected chi connectivity index (χ2v) is 10.4. The minimum absolute atomic E-state index is 0.428. The molecule has 0 saturated carbocycles.